The molecule has 1 aliphatic heterocycles. The Morgan fingerprint density at radius 1 is 1.24 bits per heavy atom. The third-order valence-electron chi connectivity index (χ3n) is 6.20. The smallest absolute Gasteiger partial charge is 0.382 e. The van der Waals surface area contributed by atoms with E-state index in [2.05, 4.69) is 9.97 Å². The molecule has 2 aromatic carbocycles. The Kier molecular flexibility index (Phi) is 5.18. The van der Waals surface area contributed by atoms with Crippen LogP contribution in [0.3, 0.4) is 0 Å². The van der Waals surface area contributed by atoms with Crippen molar-refractivity contribution in [2.75, 3.05) is 19.4 Å². The van der Waals surface area contributed by atoms with E-state index in [4.69, 9.17) is 22.1 Å². The van der Waals surface area contributed by atoms with Crippen molar-refractivity contribution in [3.05, 3.63) is 70.1 Å². The zero-order valence-corrected chi connectivity index (χ0v) is 18.9. The van der Waals surface area contributed by atoms with Gasteiger partial charge in [-0.2, -0.15) is 13.2 Å². The standard InChI is InChI=1S/C23H19ClF3N5O2/c1-11-14-5-12(23(25,26)27)3-4-13(14)20(9-34-11)31(2)22(33)15-6-18-17(7-16(15)24)30-21(28)19-8-29-10-32(18)19/h3-8,10-11,20H,9H2,1-2H3,(H2,28,30). The molecule has 176 valence electrons. The highest BCUT2D eigenvalue weighted by Gasteiger charge is 2.36. The highest BCUT2D eigenvalue weighted by Crippen LogP contribution is 2.40. The number of fused-ring (bicyclic) bond motifs is 4. The minimum Gasteiger partial charge on any atom is -0.382 e. The van der Waals surface area contributed by atoms with E-state index in [9.17, 15) is 18.0 Å². The van der Waals surface area contributed by atoms with E-state index in [-0.39, 0.29) is 23.0 Å². The number of rotatable bonds is 2. The largest absolute Gasteiger partial charge is 0.416 e. The second kappa shape index (κ2) is 7.85. The Bertz CT molecular complexity index is 1450. The number of alkyl halides is 3. The van der Waals surface area contributed by atoms with Crippen molar-refractivity contribution in [1.82, 2.24) is 19.3 Å². The number of likely N-dealkylation sites (N-methyl/N-ethyl adjacent to an activating group) is 1. The van der Waals surface area contributed by atoms with Gasteiger partial charge in [-0.25, -0.2) is 9.97 Å². The van der Waals surface area contributed by atoms with Crippen molar-refractivity contribution in [2.24, 2.45) is 0 Å². The van der Waals surface area contributed by atoms with Gasteiger partial charge in [0.2, 0.25) is 0 Å². The van der Waals surface area contributed by atoms with E-state index < -0.39 is 29.8 Å². The summed E-state index contributed by atoms with van der Waals surface area (Å²) in [5.41, 5.74) is 8.11. The van der Waals surface area contributed by atoms with E-state index in [1.165, 1.54) is 11.0 Å². The molecule has 34 heavy (non-hydrogen) atoms. The summed E-state index contributed by atoms with van der Waals surface area (Å²) in [6.07, 6.45) is -1.88. The molecule has 1 amide bonds. The first-order valence-electron chi connectivity index (χ1n) is 10.4. The van der Waals surface area contributed by atoms with Gasteiger partial charge in [-0.15, -0.1) is 0 Å². The fourth-order valence-electron chi connectivity index (χ4n) is 4.33. The summed E-state index contributed by atoms with van der Waals surface area (Å²) in [5, 5.41) is 0.174. The Morgan fingerprint density at radius 2 is 2.00 bits per heavy atom. The lowest BCUT2D eigenvalue weighted by Crippen LogP contribution is -2.37. The summed E-state index contributed by atoms with van der Waals surface area (Å²) in [7, 11) is 1.57. The molecule has 2 unspecified atom stereocenters. The topological polar surface area (TPSA) is 85.8 Å². The molecular formula is C23H19ClF3N5O2. The highest BCUT2D eigenvalue weighted by atomic mass is 35.5. The van der Waals surface area contributed by atoms with Crippen LogP contribution in [0.25, 0.3) is 16.6 Å². The molecule has 4 aromatic rings. The Hall–Kier alpha value is -3.37. The number of hydrogen-bond acceptors (Lipinski definition) is 5. The van der Waals surface area contributed by atoms with Gasteiger partial charge in [-0.05, 0) is 42.3 Å². The van der Waals surface area contributed by atoms with Gasteiger partial charge in [0, 0.05) is 7.05 Å². The van der Waals surface area contributed by atoms with Crippen molar-refractivity contribution in [1.29, 1.82) is 0 Å². The normalized spacial score (nSPS) is 18.3. The van der Waals surface area contributed by atoms with Gasteiger partial charge in [0.1, 0.15) is 11.3 Å². The summed E-state index contributed by atoms with van der Waals surface area (Å²) in [5.74, 6) is -0.133. The molecule has 0 aliphatic carbocycles. The molecule has 3 heterocycles. The first-order chi connectivity index (χ1) is 16.1. The molecule has 7 nitrogen and oxygen atoms in total. The van der Waals surface area contributed by atoms with Crippen LogP contribution in [0.1, 0.15) is 46.1 Å². The number of benzene rings is 2. The predicted octanol–water partition coefficient (Wildman–Crippen LogP) is 5.04. The van der Waals surface area contributed by atoms with Gasteiger partial charge in [0.05, 0.1) is 58.5 Å². The van der Waals surface area contributed by atoms with Crippen LogP contribution in [-0.4, -0.2) is 38.8 Å². The van der Waals surface area contributed by atoms with Crippen molar-refractivity contribution < 1.29 is 22.7 Å². The van der Waals surface area contributed by atoms with Crippen molar-refractivity contribution in [3.63, 3.8) is 0 Å². The molecule has 2 aromatic heterocycles. The van der Waals surface area contributed by atoms with Crippen LogP contribution in [0.4, 0.5) is 19.0 Å². The number of carbonyl (C=O) groups excluding carboxylic acids is 1. The lowest BCUT2D eigenvalue weighted by atomic mass is 9.91. The number of aromatic nitrogens is 3. The second-order valence-electron chi connectivity index (χ2n) is 8.22. The maximum Gasteiger partial charge on any atom is 0.416 e. The molecule has 0 bridgehead atoms. The maximum atomic E-state index is 13.5. The molecule has 0 fully saturated rings. The van der Waals surface area contributed by atoms with Crippen LogP contribution in [0.2, 0.25) is 5.02 Å². The molecule has 0 radical (unpaired) electrons. The van der Waals surface area contributed by atoms with E-state index in [1.807, 2.05) is 0 Å². The summed E-state index contributed by atoms with van der Waals surface area (Å²) >= 11 is 6.44. The fourth-order valence-corrected chi connectivity index (χ4v) is 4.57. The van der Waals surface area contributed by atoms with Gasteiger partial charge < -0.3 is 15.4 Å². The van der Waals surface area contributed by atoms with Crippen LogP contribution in [0.5, 0.6) is 0 Å². The average Bonchev–Trinajstić information content (AvgIpc) is 3.28. The van der Waals surface area contributed by atoms with Gasteiger partial charge in [-0.3, -0.25) is 9.20 Å². The molecule has 1 aliphatic rings. The number of anilines is 1. The zero-order chi connectivity index (χ0) is 24.4. The Labute approximate surface area is 196 Å². The van der Waals surface area contributed by atoms with Crippen molar-refractivity contribution in [3.8, 4) is 0 Å². The van der Waals surface area contributed by atoms with Crippen LogP contribution < -0.4 is 5.73 Å². The molecule has 5 rings (SSSR count). The van der Waals surface area contributed by atoms with Crippen molar-refractivity contribution in [2.45, 2.75) is 25.2 Å². The maximum absolute atomic E-state index is 13.5. The number of carbonyl (C=O) groups is 1. The highest BCUT2D eigenvalue weighted by molar-refractivity contribution is 6.34. The van der Waals surface area contributed by atoms with Crippen LogP contribution in [0.15, 0.2) is 42.9 Å². The van der Waals surface area contributed by atoms with Gasteiger partial charge >= 0.3 is 6.18 Å². The van der Waals surface area contributed by atoms with E-state index >= 15 is 0 Å². The second-order valence-corrected chi connectivity index (χ2v) is 8.62. The number of nitrogen functional groups attached to an aromatic ring is 1. The number of nitrogens with two attached hydrogens (primary N) is 1. The number of imidazole rings is 1. The molecule has 0 saturated heterocycles. The fraction of sp³-hybridized carbons (Fsp3) is 0.261. The zero-order valence-electron chi connectivity index (χ0n) is 18.1. The number of halogens is 4. The minimum absolute atomic E-state index is 0.136. The first-order valence-corrected chi connectivity index (χ1v) is 10.7. The van der Waals surface area contributed by atoms with Gasteiger partial charge in [-0.1, -0.05) is 17.7 Å². The Morgan fingerprint density at radius 3 is 2.74 bits per heavy atom. The number of amides is 1. The third kappa shape index (κ3) is 3.54. The quantitative estimate of drug-likeness (QED) is 0.426. The van der Waals surface area contributed by atoms with Crippen LogP contribution in [-0.2, 0) is 10.9 Å². The summed E-state index contributed by atoms with van der Waals surface area (Å²) in [6, 6.07) is 6.09. The number of ether oxygens (including phenoxy) is 1. The van der Waals surface area contributed by atoms with Crippen molar-refractivity contribution >= 4 is 39.9 Å². The third-order valence-corrected chi connectivity index (χ3v) is 6.51. The summed E-state index contributed by atoms with van der Waals surface area (Å²) < 4.78 is 47.1. The lowest BCUT2D eigenvalue weighted by molar-refractivity contribution is -0.137. The van der Waals surface area contributed by atoms with Gasteiger partial charge in [0.25, 0.3) is 5.91 Å². The molecule has 11 heteroatoms. The summed E-state index contributed by atoms with van der Waals surface area (Å²) in [6.45, 7) is 1.82. The van der Waals surface area contributed by atoms with Gasteiger partial charge in [0.15, 0.2) is 0 Å². The van der Waals surface area contributed by atoms with E-state index in [0.29, 0.717) is 27.7 Å². The lowest BCUT2D eigenvalue weighted by Gasteiger charge is -2.36. The first kappa shape index (κ1) is 22.4. The number of nitrogens with zero attached hydrogens (tertiary/aromatic N) is 4. The molecule has 0 spiro atoms. The van der Waals surface area contributed by atoms with Crippen LogP contribution in [0, 0.1) is 0 Å². The number of hydrogen-bond donors (Lipinski definition) is 1. The summed E-state index contributed by atoms with van der Waals surface area (Å²) in [4.78, 5) is 23.4. The average molecular weight is 490 g/mol. The van der Waals surface area contributed by atoms with E-state index in [0.717, 1.165) is 12.1 Å². The predicted molar refractivity (Wildman–Crippen MR) is 121 cm³/mol. The molecular weight excluding hydrogens is 471 g/mol. The Balaban J connectivity index is 1.56. The van der Waals surface area contributed by atoms with E-state index in [1.54, 1.807) is 43.0 Å². The minimum atomic E-state index is -4.47. The molecule has 2 atom stereocenters. The molecule has 0 saturated carbocycles. The van der Waals surface area contributed by atoms with Crippen LogP contribution >= 0.6 is 11.6 Å². The molecule has 2 N–H and O–H groups in total. The SMILES string of the molecule is CC1OCC(N(C)C(=O)c2cc3c(cc2Cl)nc(N)c2cncn23)c2ccc(C(F)(F)F)cc21. The monoisotopic (exact) mass is 489 g/mol.